The molecule has 2 aliphatic rings. The number of nitrogens with zero attached hydrogens (tertiary/aromatic N) is 2. The highest BCUT2D eigenvalue weighted by molar-refractivity contribution is 5.80. The highest BCUT2D eigenvalue weighted by atomic mass is 16.5. The second-order valence-corrected chi connectivity index (χ2v) is 6.56. The molecule has 1 saturated carbocycles. The molecule has 0 amide bonds. The zero-order valence-corrected chi connectivity index (χ0v) is 15.2. The summed E-state index contributed by atoms with van der Waals surface area (Å²) in [7, 11) is 0. The molecule has 138 valence electrons. The van der Waals surface area contributed by atoms with Crippen LogP contribution in [-0.4, -0.2) is 62.9 Å². The van der Waals surface area contributed by atoms with Gasteiger partial charge in [-0.3, -0.25) is 4.90 Å². The third kappa shape index (κ3) is 6.55. The number of aliphatic imine (C=N–C) groups is 1. The average Bonchev–Trinajstić information content (AvgIpc) is 3.45. The lowest BCUT2D eigenvalue weighted by Gasteiger charge is -2.26. The van der Waals surface area contributed by atoms with Crippen LogP contribution in [0.15, 0.2) is 29.3 Å². The van der Waals surface area contributed by atoms with Gasteiger partial charge in [-0.15, -0.1) is 0 Å². The number of nitrogens with one attached hydrogen (secondary N) is 2. The van der Waals surface area contributed by atoms with Crippen LogP contribution in [0, 0.1) is 0 Å². The zero-order chi connectivity index (χ0) is 17.3. The number of hydrogen-bond acceptors (Lipinski definition) is 4. The van der Waals surface area contributed by atoms with Crippen LogP contribution in [0.3, 0.4) is 0 Å². The van der Waals surface area contributed by atoms with Crippen molar-refractivity contribution in [3.63, 3.8) is 0 Å². The van der Waals surface area contributed by atoms with Crippen LogP contribution in [0.5, 0.6) is 5.75 Å². The summed E-state index contributed by atoms with van der Waals surface area (Å²) in [5.74, 6) is 1.82. The van der Waals surface area contributed by atoms with Crippen molar-refractivity contribution in [3.05, 3.63) is 29.8 Å². The van der Waals surface area contributed by atoms with Gasteiger partial charge in [0.15, 0.2) is 5.96 Å². The lowest BCUT2D eigenvalue weighted by atomic mass is 10.2. The van der Waals surface area contributed by atoms with E-state index in [0.717, 1.165) is 56.7 Å². The summed E-state index contributed by atoms with van der Waals surface area (Å²) in [6, 6.07) is 8.84. The monoisotopic (exact) mass is 346 g/mol. The minimum atomic E-state index is 0.604. The second kappa shape index (κ2) is 9.63. The Morgan fingerprint density at radius 2 is 2.16 bits per heavy atom. The normalized spacial score (nSPS) is 18.8. The first-order valence-electron chi connectivity index (χ1n) is 9.40. The van der Waals surface area contributed by atoms with E-state index >= 15 is 0 Å². The van der Waals surface area contributed by atoms with E-state index < -0.39 is 0 Å². The molecule has 2 N–H and O–H groups in total. The van der Waals surface area contributed by atoms with Crippen LogP contribution >= 0.6 is 0 Å². The molecule has 2 fully saturated rings. The van der Waals surface area contributed by atoms with Crippen molar-refractivity contribution in [1.29, 1.82) is 0 Å². The predicted octanol–water partition coefficient (Wildman–Crippen LogP) is 1.62. The molecule has 1 heterocycles. The summed E-state index contributed by atoms with van der Waals surface area (Å²) in [6.07, 6.45) is 2.49. The number of guanidine groups is 1. The number of morpholine rings is 1. The maximum atomic E-state index is 5.92. The number of rotatable bonds is 8. The standard InChI is InChI=1S/C19H30N4O2/c1-2-20-19(22-17-6-7-17)21-15-16-4-3-5-18(14-16)25-13-10-23-8-11-24-12-9-23/h3-5,14,17H,2,6-13,15H2,1H3,(H2,20,21,22). The smallest absolute Gasteiger partial charge is 0.191 e. The van der Waals surface area contributed by atoms with Crippen molar-refractivity contribution < 1.29 is 9.47 Å². The highest BCUT2D eigenvalue weighted by Crippen LogP contribution is 2.18. The molecule has 1 aliphatic heterocycles. The van der Waals surface area contributed by atoms with E-state index in [9.17, 15) is 0 Å². The fourth-order valence-corrected chi connectivity index (χ4v) is 2.76. The molecule has 6 nitrogen and oxygen atoms in total. The third-order valence-electron chi connectivity index (χ3n) is 4.36. The van der Waals surface area contributed by atoms with E-state index in [0.29, 0.717) is 19.2 Å². The first kappa shape index (κ1) is 18.0. The van der Waals surface area contributed by atoms with E-state index in [2.05, 4.69) is 39.6 Å². The topological polar surface area (TPSA) is 58.1 Å². The molecule has 0 bridgehead atoms. The van der Waals surface area contributed by atoms with Crippen LogP contribution < -0.4 is 15.4 Å². The predicted molar refractivity (Wildman–Crippen MR) is 100 cm³/mol. The summed E-state index contributed by atoms with van der Waals surface area (Å²) in [5.41, 5.74) is 1.16. The largest absolute Gasteiger partial charge is 0.492 e. The van der Waals surface area contributed by atoms with Gasteiger partial charge in [0.2, 0.25) is 0 Å². The van der Waals surface area contributed by atoms with Gasteiger partial charge in [-0.1, -0.05) is 12.1 Å². The Morgan fingerprint density at radius 1 is 1.32 bits per heavy atom. The summed E-state index contributed by atoms with van der Waals surface area (Å²) < 4.78 is 11.3. The van der Waals surface area contributed by atoms with Crippen LogP contribution in [-0.2, 0) is 11.3 Å². The van der Waals surface area contributed by atoms with E-state index in [1.165, 1.54) is 12.8 Å². The second-order valence-electron chi connectivity index (χ2n) is 6.56. The fourth-order valence-electron chi connectivity index (χ4n) is 2.76. The van der Waals surface area contributed by atoms with Crippen molar-refractivity contribution >= 4 is 5.96 Å². The fraction of sp³-hybridized carbons (Fsp3) is 0.632. The molecule has 25 heavy (non-hydrogen) atoms. The maximum absolute atomic E-state index is 5.92. The Bertz CT molecular complexity index is 554. The quantitative estimate of drug-likeness (QED) is 0.553. The lowest BCUT2D eigenvalue weighted by molar-refractivity contribution is 0.0322. The van der Waals surface area contributed by atoms with Crippen molar-refractivity contribution in [3.8, 4) is 5.75 Å². The number of benzene rings is 1. The first-order chi connectivity index (χ1) is 12.3. The summed E-state index contributed by atoms with van der Waals surface area (Å²) in [5, 5.41) is 6.74. The van der Waals surface area contributed by atoms with Gasteiger partial charge < -0.3 is 20.1 Å². The van der Waals surface area contributed by atoms with E-state index in [-0.39, 0.29) is 0 Å². The summed E-state index contributed by atoms with van der Waals surface area (Å²) >= 11 is 0. The number of ether oxygens (including phenoxy) is 2. The van der Waals surface area contributed by atoms with Gasteiger partial charge in [0, 0.05) is 32.2 Å². The minimum Gasteiger partial charge on any atom is -0.492 e. The molecule has 1 aliphatic carbocycles. The van der Waals surface area contributed by atoms with E-state index in [1.54, 1.807) is 0 Å². The minimum absolute atomic E-state index is 0.604. The summed E-state index contributed by atoms with van der Waals surface area (Å²) in [6.45, 7) is 8.94. The molecule has 0 unspecified atom stereocenters. The van der Waals surface area contributed by atoms with Crippen LogP contribution in [0.1, 0.15) is 25.3 Å². The van der Waals surface area contributed by atoms with Gasteiger partial charge >= 0.3 is 0 Å². The van der Waals surface area contributed by atoms with Crippen molar-refractivity contribution in [2.24, 2.45) is 4.99 Å². The Morgan fingerprint density at radius 3 is 2.92 bits per heavy atom. The van der Waals surface area contributed by atoms with Gasteiger partial charge in [-0.05, 0) is 37.5 Å². The Kier molecular flexibility index (Phi) is 6.94. The average molecular weight is 346 g/mol. The van der Waals surface area contributed by atoms with Crippen molar-refractivity contribution in [1.82, 2.24) is 15.5 Å². The number of hydrogen-bond donors (Lipinski definition) is 2. The molecule has 0 aromatic heterocycles. The Labute approximate surface area is 150 Å². The van der Waals surface area contributed by atoms with Gasteiger partial charge in [0.25, 0.3) is 0 Å². The Hall–Kier alpha value is -1.79. The molecule has 3 rings (SSSR count). The molecule has 0 radical (unpaired) electrons. The van der Waals surface area contributed by atoms with Gasteiger partial charge in [-0.2, -0.15) is 0 Å². The molecular formula is C19H30N4O2. The molecule has 6 heteroatoms. The summed E-state index contributed by atoms with van der Waals surface area (Å²) in [4.78, 5) is 7.05. The van der Waals surface area contributed by atoms with Gasteiger partial charge in [0.1, 0.15) is 12.4 Å². The van der Waals surface area contributed by atoms with E-state index in [1.807, 2.05) is 12.1 Å². The Balaban J connectivity index is 1.46. The van der Waals surface area contributed by atoms with Gasteiger partial charge in [-0.25, -0.2) is 4.99 Å². The molecule has 1 aromatic carbocycles. The lowest BCUT2D eigenvalue weighted by Crippen LogP contribution is -2.38. The zero-order valence-electron chi connectivity index (χ0n) is 15.2. The molecule has 0 spiro atoms. The molecule has 1 aromatic rings. The van der Waals surface area contributed by atoms with E-state index in [4.69, 9.17) is 9.47 Å². The maximum Gasteiger partial charge on any atom is 0.191 e. The van der Waals surface area contributed by atoms with Crippen LogP contribution in [0.2, 0.25) is 0 Å². The van der Waals surface area contributed by atoms with Gasteiger partial charge in [0.05, 0.1) is 19.8 Å². The first-order valence-corrected chi connectivity index (χ1v) is 9.40. The molecule has 1 saturated heterocycles. The van der Waals surface area contributed by atoms with Crippen LogP contribution in [0.4, 0.5) is 0 Å². The van der Waals surface area contributed by atoms with Crippen LogP contribution in [0.25, 0.3) is 0 Å². The highest BCUT2D eigenvalue weighted by Gasteiger charge is 2.22. The SMILES string of the molecule is CCNC(=NCc1cccc(OCCN2CCOCC2)c1)NC1CC1. The van der Waals surface area contributed by atoms with Crippen molar-refractivity contribution in [2.45, 2.75) is 32.4 Å². The van der Waals surface area contributed by atoms with Crippen molar-refractivity contribution in [2.75, 3.05) is 46.0 Å². The molecular weight excluding hydrogens is 316 g/mol. The third-order valence-corrected chi connectivity index (χ3v) is 4.36. The molecule has 0 atom stereocenters.